The molecule has 0 saturated carbocycles. The summed E-state index contributed by atoms with van der Waals surface area (Å²) in [4.78, 5) is 6.71. The Labute approximate surface area is 136 Å². The average molecular weight is 384 g/mol. The standard InChI is InChI=1S/C14H32N4.HI/c1-11(2)17-14(15-7)16-9-8-10-18(12(3)4)13(5)6;/h11-13H,8-10H2,1-7H3,(H2,15,16,17);1H. The first kappa shape index (κ1) is 21.3. The number of aliphatic imine (C=N–C) groups is 1. The fourth-order valence-corrected chi connectivity index (χ4v) is 2.05. The van der Waals surface area contributed by atoms with Crippen LogP contribution >= 0.6 is 24.0 Å². The monoisotopic (exact) mass is 384 g/mol. The Kier molecular flexibility index (Phi) is 13.2. The van der Waals surface area contributed by atoms with E-state index in [2.05, 4.69) is 62.1 Å². The van der Waals surface area contributed by atoms with Crippen molar-refractivity contribution in [2.24, 2.45) is 4.99 Å². The van der Waals surface area contributed by atoms with Gasteiger partial charge in [0.1, 0.15) is 0 Å². The largest absolute Gasteiger partial charge is 0.356 e. The van der Waals surface area contributed by atoms with Crippen molar-refractivity contribution >= 4 is 29.9 Å². The summed E-state index contributed by atoms with van der Waals surface area (Å²) in [5.74, 6) is 0.894. The molecule has 0 radical (unpaired) electrons. The van der Waals surface area contributed by atoms with E-state index in [1.807, 2.05) is 7.05 Å². The lowest BCUT2D eigenvalue weighted by atomic mass is 10.2. The van der Waals surface area contributed by atoms with E-state index in [4.69, 9.17) is 0 Å². The Hall–Kier alpha value is -0.0400. The van der Waals surface area contributed by atoms with Gasteiger partial charge in [-0.2, -0.15) is 0 Å². The maximum Gasteiger partial charge on any atom is 0.191 e. The quantitative estimate of drug-likeness (QED) is 0.307. The van der Waals surface area contributed by atoms with E-state index >= 15 is 0 Å². The van der Waals surface area contributed by atoms with Crippen molar-refractivity contribution in [2.75, 3.05) is 20.1 Å². The molecule has 0 amide bonds. The van der Waals surface area contributed by atoms with Gasteiger partial charge in [-0.05, 0) is 48.0 Å². The summed E-state index contributed by atoms with van der Waals surface area (Å²) in [6, 6.07) is 1.63. The summed E-state index contributed by atoms with van der Waals surface area (Å²) in [7, 11) is 1.81. The van der Waals surface area contributed by atoms with Gasteiger partial charge in [-0.15, -0.1) is 24.0 Å². The van der Waals surface area contributed by atoms with Gasteiger partial charge in [0.05, 0.1) is 0 Å². The molecule has 0 unspecified atom stereocenters. The zero-order valence-corrected chi connectivity index (χ0v) is 16.0. The van der Waals surface area contributed by atoms with Crippen molar-refractivity contribution in [1.29, 1.82) is 0 Å². The maximum absolute atomic E-state index is 4.20. The summed E-state index contributed by atoms with van der Waals surface area (Å²) in [6.07, 6.45) is 1.13. The molecule has 0 aliphatic heterocycles. The minimum Gasteiger partial charge on any atom is -0.356 e. The molecule has 0 bridgehead atoms. The number of nitrogens with one attached hydrogen (secondary N) is 2. The van der Waals surface area contributed by atoms with E-state index in [0.29, 0.717) is 18.1 Å². The van der Waals surface area contributed by atoms with Gasteiger partial charge < -0.3 is 10.6 Å². The van der Waals surface area contributed by atoms with Crippen LogP contribution in [0.3, 0.4) is 0 Å². The van der Waals surface area contributed by atoms with E-state index < -0.39 is 0 Å². The number of hydrogen-bond donors (Lipinski definition) is 2. The van der Waals surface area contributed by atoms with Crippen LogP contribution in [0.15, 0.2) is 4.99 Å². The van der Waals surface area contributed by atoms with Crippen molar-refractivity contribution in [3.8, 4) is 0 Å². The molecule has 116 valence electrons. The number of nitrogens with zero attached hydrogens (tertiary/aromatic N) is 2. The minimum atomic E-state index is 0. The van der Waals surface area contributed by atoms with E-state index in [9.17, 15) is 0 Å². The molecule has 0 aromatic carbocycles. The van der Waals surface area contributed by atoms with E-state index in [1.165, 1.54) is 0 Å². The van der Waals surface area contributed by atoms with Crippen LogP contribution in [-0.2, 0) is 0 Å². The van der Waals surface area contributed by atoms with Crippen molar-refractivity contribution in [3.05, 3.63) is 0 Å². The summed E-state index contributed by atoms with van der Waals surface area (Å²) >= 11 is 0. The molecule has 0 atom stereocenters. The lowest BCUT2D eigenvalue weighted by Gasteiger charge is -2.30. The van der Waals surface area contributed by atoms with Crippen LogP contribution in [-0.4, -0.2) is 49.1 Å². The van der Waals surface area contributed by atoms with Gasteiger partial charge in [-0.25, -0.2) is 0 Å². The van der Waals surface area contributed by atoms with Crippen LogP contribution in [0.5, 0.6) is 0 Å². The Morgan fingerprint density at radius 1 is 1.05 bits per heavy atom. The molecular weight excluding hydrogens is 351 g/mol. The van der Waals surface area contributed by atoms with Crippen LogP contribution in [0.2, 0.25) is 0 Å². The first-order chi connectivity index (χ1) is 8.38. The molecule has 19 heavy (non-hydrogen) atoms. The molecular formula is C14H33IN4. The Balaban J connectivity index is 0. The third kappa shape index (κ3) is 10.4. The van der Waals surface area contributed by atoms with E-state index in [-0.39, 0.29) is 24.0 Å². The fraction of sp³-hybridized carbons (Fsp3) is 0.929. The fourth-order valence-electron chi connectivity index (χ4n) is 2.05. The summed E-state index contributed by atoms with van der Waals surface area (Å²) in [5, 5.41) is 6.63. The van der Waals surface area contributed by atoms with Crippen LogP contribution in [0, 0.1) is 0 Å². The topological polar surface area (TPSA) is 39.7 Å². The number of guanidine groups is 1. The number of hydrogen-bond acceptors (Lipinski definition) is 2. The zero-order chi connectivity index (χ0) is 14.1. The zero-order valence-electron chi connectivity index (χ0n) is 13.7. The average Bonchev–Trinajstić information content (AvgIpc) is 2.25. The van der Waals surface area contributed by atoms with Crippen molar-refractivity contribution in [3.63, 3.8) is 0 Å². The molecule has 0 heterocycles. The van der Waals surface area contributed by atoms with Gasteiger partial charge in [0.25, 0.3) is 0 Å². The molecule has 0 aromatic heterocycles. The van der Waals surface area contributed by atoms with E-state index in [1.54, 1.807) is 0 Å². The lowest BCUT2D eigenvalue weighted by Crippen LogP contribution is -2.43. The Morgan fingerprint density at radius 2 is 1.58 bits per heavy atom. The van der Waals surface area contributed by atoms with Gasteiger partial charge >= 0.3 is 0 Å². The Morgan fingerprint density at radius 3 is 1.95 bits per heavy atom. The molecule has 0 aliphatic carbocycles. The Bertz CT molecular complexity index is 232. The molecule has 0 aromatic rings. The van der Waals surface area contributed by atoms with E-state index in [0.717, 1.165) is 25.5 Å². The number of halogens is 1. The predicted molar refractivity (Wildman–Crippen MR) is 96.6 cm³/mol. The summed E-state index contributed by atoms with van der Waals surface area (Å²) < 4.78 is 0. The second kappa shape index (κ2) is 11.8. The maximum atomic E-state index is 4.20. The lowest BCUT2D eigenvalue weighted by molar-refractivity contribution is 0.173. The highest BCUT2D eigenvalue weighted by Crippen LogP contribution is 2.05. The second-order valence-corrected chi connectivity index (χ2v) is 5.58. The van der Waals surface area contributed by atoms with Gasteiger partial charge in [-0.1, -0.05) is 0 Å². The van der Waals surface area contributed by atoms with Gasteiger partial charge in [0.2, 0.25) is 0 Å². The first-order valence-electron chi connectivity index (χ1n) is 7.11. The highest BCUT2D eigenvalue weighted by molar-refractivity contribution is 14.0. The van der Waals surface area contributed by atoms with Crippen LogP contribution < -0.4 is 10.6 Å². The van der Waals surface area contributed by atoms with Crippen molar-refractivity contribution in [2.45, 2.75) is 66.1 Å². The number of rotatable bonds is 7. The molecule has 4 nitrogen and oxygen atoms in total. The van der Waals surface area contributed by atoms with Gasteiger partial charge in [-0.3, -0.25) is 9.89 Å². The van der Waals surface area contributed by atoms with Crippen LogP contribution in [0.4, 0.5) is 0 Å². The minimum absolute atomic E-state index is 0. The van der Waals surface area contributed by atoms with Crippen molar-refractivity contribution in [1.82, 2.24) is 15.5 Å². The smallest absolute Gasteiger partial charge is 0.191 e. The first-order valence-corrected chi connectivity index (χ1v) is 7.11. The molecule has 0 spiro atoms. The van der Waals surface area contributed by atoms with Crippen molar-refractivity contribution < 1.29 is 0 Å². The molecule has 0 aliphatic rings. The molecule has 0 rings (SSSR count). The normalized spacial score (nSPS) is 12.3. The molecule has 2 N–H and O–H groups in total. The molecule has 5 heteroatoms. The van der Waals surface area contributed by atoms with Crippen LogP contribution in [0.1, 0.15) is 48.0 Å². The van der Waals surface area contributed by atoms with Gasteiger partial charge in [0, 0.05) is 38.3 Å². The highest BCUT2D eigenvalue weighted by Gasteiger charge is 2.12. The highest BCUT2D eigenvalue weighted by atomic mass is 127. The predicted octanol–water partition coefficient (Wildman–Crippen LogP) is 2.69. The van der Waals surface area contributed by atoms with Crippen LogP contribution in [0.25, 0.3) is 0 Å². The SMILES string of the molecule is CN=C(NCCCN(C(C)C)C(C)C)NC(C)C.I. The summed E-state index contributed by atoms with van der Waals surface area (Å²) in [5.41, 5.74) is 0. The third-order valence-electron chi connectivity index (χ3n) is 2.86. The molecule has 0 saturated heterocycles. The van der Waals surface area contributed by atoms with Gasteiger partial charge in [0.15, 0.2) is 5.96 Å². The second-order valence-electron chi connectivity index (χ2n) is 5.58. The molecule has 0 fully saturated rings. The third-order valence-corrected chi connectivity index (χ3v) is 2.86. The summed E-state index contributed by atoms with van der Waals surface area (Å²) in [6.45, 7) is 15.3.